The van der Waals surface area contributed by atoms with Gasteiger partial charge in [-0.1, -0.05) is 42.0 Å². The van der Waals surface area contributed by atoms with E-state index < -0.39 is 0 Å². The number of amidine groups is 1. The summed E-state index contributed by atoms with van der Waals surface area (Å²) in [6.07, 6.45) is 2.12. The summed E-state index contributed by atoms with van der Waals surface area (Å²) in [7, 11) is 0. The lowest BCUT2D eigenvalue weighted by atomic mass is 10.1. The normalized spacial score (nSPS) is 15.7. The second-order valence-corrected chi connectivity index (χ2v) is 7.88. The van der Waals surface area contributed by atoms with Gasteiger partial charge in [0.2, 0.25) is 0 Å². The van der Waals surface area contributed by atoms with Crippen molar-refractivity contribution >= 4 is 22.9 Å². The molecule has 0 amide bonds. The van der Waals surface area contributed by atoms with Gasteiger partial charge in [-0.05, 0) is 60.0 Å². The Bertz CT molecular complexity index is 915. The van der Waals surface area contributed by atoms with Crippen LogP contribution in [0.4, 0.5) is 5.69 Å². The third-order valence-electron chi connectivity index (χ3n) is 4.85. The number of rotatable bonds is 5. The summed E-state index contributed by atoms with van der Waals surface area (Å²) in [4.78, 5) is 0.961. The minimum atomic E-state index is 0.465. The quantitative estimate of drug-likeness (QED) is 0.454. The van der Waals surface area contributed by atoms with E-state index in [4.69, 9.17) is 5.41 Å². The van der Waals surface area contributed by atoms with Crippen LogP contribution < -0.4 is 10.6 Å². The van der Waals surface area contributed by atoms with Gasteiger partial charge in [0.25, 0.3) is 0 Å². The van der Waals surface area contributed by atoms with Gasteiger partial charge < -0.3 is 10.6 Å². The van der Waals surface area contributed by atoms with E-state index in [1.807, 2.05) is 17.5 Å². The van der Waals surface area contributed by atoms with Crippen LogP contribution in [0.2, 0.25) is 0 Å². The highest BCUT2D eigenvalue weighted by Gasteiger charge is 2.21. The number of fused-ring (bicyclic) bond motifs is 1. The maximum atomic E-state index is 8.19. The molecule has 3 N–H and O–H groups in total. The van der Waals surface area contributed by atoms with E-state index in [0.717, 1.165) is 30.0 Å². The fraction of sp³-hybridized carbons (Fsp3) is 0.227. The third kappa shape index (κ3) is 3.87. The smallest absolute Gasteiger partial charge is 0.140 e. The van der Waals surface area contributed by atoms with Crippen LogP contribution in [-0.2, 0) is 19.4 Å². The summed E-state index contributed by atoms with van der Waals surface area (Å²) in [6.45, 7) is 3.05. The van der Waals surface area contributed by atoms with E-state index in [-0.39, 0.29) is 0 Å². The van der Waals surface area contributed by atoms with Gasteiger partial charge in [0.15, 0.2) is 0 Å². The summed E-state index contributed by atoms with van der Waals surface area (Å²) < 4.78 is 0. The van der Waals surface area contributed by atoms with Crippen LogP contribution in [0.1, 0.15) is 27.1 Å². The van der Waals surface area contributed by atoms with Crippen molar-refractivity contribution in [3.63, 3.8) is 0 Å². The van der Waals surface area contributed by atoms with Gasteiger partial charge in [0, 0.05) is 18.3 Å². The molecular formula is C22H23N3S. The Morgan fingerprint density at radius 2 is 1.96 bits per heavy atom. The first-order valence-electron chi connectivity index (χ1n) is 8.97. The molecule has 3 nitrogen and oxygen atoms in total. The highest BCUT2D eigenvalue weighted by Crippen LogP contribution is 2.26. The number of thiophene rings is 1. The Morgan fingerprint density at radius 1 is 1.08 bits per heavy atom. The van der Waals surface area contributed by atoms with Crippen LogP contribution in [-0.4, -0.2) is 11.9 Å². The lowest BCUT2D eigenvalue weighted by molar-refractivity contribution is 0.533. The highest BCUT2D eigenvalue weighted by atomic mass is 32.1. The standard InChI is InChI=1S/C22H23N3S/c1-15-4-2-5-16(10-15)14-24-20-11-17-7-8-19(12-18(17)13-20)25-22(23)21-6-3-9-26-21/h2-10,12,20,24H,11,13-14H2,1H3,(H2,23,25). The van der Waals surface area contributed by atoms with E-state index in [9.17, 15) is 0 Å². The van der Waals surface area contributed by atoms with Crippen molar-refractivity contribution in [3.05, 3.63) is 87.1 Å². The molecule has 3 aromatic rings. The Hall–Kier alpha value is -2.43. The fourth-order valence-electron chi connectivity index (χ4n) is 3.55. The van der Waals surface area contributed by atoms with Crippen molar-refractivity contribution in [1.29, 1.82) is 5.41 Å². The number of hydrogen-bond donors (Lipinski definition) is 3. The van der Waals surface area contributed by atoms with Gasteiger partial charge in [-0.2, -0.15) is 0 Å². The molecule has 1 aromatic heterocycles. The molecule has 0 saturated carbocycles. The minimum Gasteiger partial charge on any atom is -0.340 e. The van der Waals surface area contributed by atoms with Gasteiger partial charge in [-0.25, -0.2) is 0 Å². The van der Waals surface area contributed by atoms with Crippen molar-refractivity contribution < 1.29 is 0 Å². The molecule has 0 saturated heterocycles. The molecule has 0 aliphatic heterocycles. The molecule has 26 heavy (non-hydrogen) atoms. The SMILES string of the molecule is Cc1cccc(CNC2Cc3ccc(NC(=N)c4cccs4)cc3C2)c1. The van der Waals surface area contributed by atoms with Crippen LogP contribution >= 0.6 is 11.3 Å². The average Bonchev–Trinajstić information content (AvgIpc) is 3.29. The molecule has 2 aromatic carbocycles. The average molecular weight is 362 g/mol. The van der Waals surface area contributed by atoms with Crippen LogP contribution in [0, 0.1) is 12.3 Å². The number of aryl methyl sites for hydroxylation is 1. The molecule has 0 spiro atoms. The first-order chi connectivity index (χ1) is 12.7. The van der Waals surface area contributed by atoms with Gasteiger partial charge in [-0.15, -0.1) is 11.3 Å². The second-order valence-electron chi connectivity index (χ2n) is 6.94. The van der Waals surface area contributed by atoms with Crippen molar-refractivity contribution in [1.82, 2.24) is 5.32 Å². The predicted molar refractivity (Wildman–Crippen MR) is 110 cm³/mol. The molecule has 132 valence electrons. The third-order valence-corrected chi connectivity index (χ3v) is 5.74. The van der Waals surface area contributed by atoms with Crippen LogP contribution in [0.5, 0.6) is 0 Å². The lowest BCUT2D eigenvalue weighted by Crippen LogP contribution is -2.28. The maximum absolute atomic E-state index is 8.19. The molecule has 1 heterocycles. The zero-order valence-corrected chi connectivity index (χ0v) is 15.7. The summed E-state index contributed by atoms with van der Waals surface area (Å²) in [5.41, 5.74) is 6.45. The largest absolute Gasteiger partial charge is 0.340 e. The number of nitrogens with one attached hydrogen (secondary N) is 3. The van der Waals surface area contributed by atoms with Crippen molar-refractivity contribution in [2.24, 2.45) is 0 Å². The topological polar surface area (TPSA) is 47.9 Å². The molecule has 4 rings (SSSR count). The molecule has 1 aliphatic rings. The van der Waals surface area contributed by atoms with Gasteiger partial charge in [-0.3, -0.25) is 5.41 Å². The van der Waals surface area contributed by atoms with E-state index >= 15 is 0 Å². The first-order valence-corrected chi connectivity index (χ1v) is 9.85. The Labute approximate surface area is 158 Å². The zero-order chi connectivity index (χ0) is 17.9. The van der Waals surface area contributed by atoms with Crippen molar-refractivity contribution in [2.45, 2.75) is 32.4 Å². The predicted octanol–water partition coefficient (Wildman–Crippen LogP) is 4.75. The first kappa shape index (κ1) is 17.0. The summed E-state index contributed by atoms with van der Waals surface area (Å²) in [5, 5.41) is 17.1. The van der Waals surface area contributed by atoms with Gasteiger partial charge in [0.1, 0.15) is 5.84 Å². The van der Waals surface area contributed by atoms with Crippen molar-refractivity contribution in [2.75, 3.05) is 5.32 Å². The monoisotopic (exact) mass is 361 g/mol. The van der Waals surface area contributed by atoms with E-state index in [1.54, 1.807) is 11.3 Å². The van der Waals surface area contributed by atoms with Gasteiger partial charge in [0.05, 0.1) is 4.88 Å². The van der Waals surface area contributed by atoms with Gasteiger partial charge >= 0.3 is 0 Å². The Balaban J connectivity index is 1.37. The number of benzene rings is 2. The van der Waals surface area contributed by atoms with Crippen LogP contribution in [0.3, 0.4) is 0 Å². The van der Waals surface area contributed by atoms with Crippen LogP contribution in [0.15, 0.2) is 60.0 Å². The van der Waals surface area contributed by atoms with Crippen LogP contribution in [0.25, 0.3) is 0 Å². The molecule has 0 radical (unpaired) electrons. The maximum Gasteiger partial charge on any atom is 0.140 e. The van der Waals surface area contributed by atoms with E-state index in [2.05, 4.69) is 60.0 Å². The van der Waals surface area contributed by atoms with Crippen molar-refractivity contribution in [3.8, 4) is 0 Å². The highest BCUT2D eigenvalue weighted by molar-refractivity contribution is 7.12. The molecule has 0 fully saturated rings. The zero-order valence-electron chi connectivity index (χ0n) is 14.9. The molecule has 1 atom stereocenters. The van der Waals surface area contributed by atoms with E-state index in [0.29, 0.717) is 11.9 Å². The molecule has 1 unspecified atom stereocenters. The second kappa shape index (κ2) is 7.44. The molecule has 0 bridgehead atoms. The molecule has 1 aliphatic carbocycles. The molecular weight excluding hydrogens is 338 g/mol. The summed E-state index contributed by atoms with van der Waals surface area (Å²) in [5.74, 6) is 0.465. The number of hydrogen-bond acceptors (Lipinski definition) is 3. The minimum absolute atomic E-state index is 0.465. The van der Waals surface area contributed by atoms with E-state index in [1.165, 1.54) is 22.3 Å². The Kier molecular flexibility index (Phi) is 4.87. The fourth-order valence-corrected chi connectivity index (χ4v) is 4.18. The Morgan fingerprint density at radius 3 is 2.77 bits per heavy atom. The number of anilines is 1. The molecule has 4 heteroatoms. The lowest BCUT2D eigenvalue weighted by Gasteiger charge is -2.12. The summed E-state index contributed by atoms with van der Waals surface area (Å²) in [6, 6.07) is 19.6. The summed E-state index contributed by atoms with van der Waals surface area (Å²) >= 11 is 1.58.